The number of carbonyl (C=O) groups excluding carboxylic acids is 2. The molecular weight excluding hydrogens is 352 g/mol. The van der Waals surface area contributed by atoms with Gasteiger partial charge in [0.2, 0.25) is 5.91 Å². The molecule has 1 fully saturated rings. The van der Waals surface area contributed by atoms with Gasteiger partial charge in [-0.2, -0.15) is 5.26 Å². The molecule has 3 heterocycles. The van der Waals surface area contributed by atoms with Crippen LogP contribution in [0.1, 0.15) is 37.4 Å². The quantitative estimate of drug-likeness (QED) is 0.664. The van der Waals surface area contributed by atoms with Crippen molar-refractivity contribution >= 4 is 11.9 Å². The molecule has 9 nitrogen and oxygen atoms in total. The topological polar surface area (TPSA) is 114 Å². The van der Waals surface area contributed by atoms with Crippen LogP contribution >= 0.6 is 0 Å². The largest absolute Gasteiger partial charge is 0.466 e. The Morgan fingerprint density at radius 2 is 1.93 bits per heavy atom. The molecule has 0 spiro atoms. The fraction of sp³-hybridized carbons (Fsp3) is 0.611. The number of esters is 1. The van der Waals surface area contributed by atoms with Crippen molar-refractivity contribution in [2.45, 2.75) is 45.7 Å². The Hall–Kier alpha value is -2.89. The molecule has 1 amide bonds. The maximum Gasteiger partial charge on any atom is 0.331 e. The number of amides is 1. The molecule has 0 aliphatic carbocycles. The van der Waals surface area contributed by atoms with Crippen molar-refractivity contribution in [3.8, 4) is 6.07 Å². The molecule has 2 aliphatic heterocycles. The van der Waals surface area contributed by atoms with Crippen LogP contribution < -0.4 is 11.2 Å². The molecule has 1 aromatic rings. The first-order valence-corrected chi connectivity index (χ1v) is 9.19. The molecule has 0 atom stereocenters. The van der Waals surface area contributed by atoms with Gasteiger partial charge in [-0.25, -0.2) is 9.36 Å². The van der Waals surface area contributed by atoms with E-state index in [4.69, 9.17) is 4.74 Å². The molecule has 0 unspecified atom stereocenters. The molecule has 0 saturated carbocycles. The molecule has 0 N–H and O–H groups in total. The van der Waals surface area contributed by atoms with Crippen molar-refractivity contribution in [1.29, 1.82) is 5.26 Å². The summed E-state index contributed by atoms with van der Waals surface area (Å²) in [6.07, 6.45) is 2.20. The van der Waals surface area contributed by atoms with E-state index < -0.39 is 17.8 Å². The number of nitriles is 1. The van der Waals surface area contributed by atoms with Crippen LogP contribution in [0.15, 0.2) is 9.59 Å². The molecular formula is C18H22N4O5. The minimum atomic E-state index is -0.703. The summed E-state index contributed by atoms with van der Waals surface area (Å²) in [7, 11) is 0. The number of piperidine rings is 1. The van der Waals surface area contributed by atoms with Crippen LogP contribution in [0.3, 0.4) is 0 Å². The lowest BCUT2D eigenvalue weighted by Gasteiger charge is -2.31. The lowest BCUT2D eigenvalue weighted by atomic mass is 9.97. The Labute approximate surface area is 155 Å². The number of hydrogen-bond donors (Lipinski definition) is 0. The number of nitrogens with zero attached hydrogens (tertiary/aromatic N) is 4. The van der Waals surface area contributed by atoms with Crippen LogP contribution in [0.4, 0.5) is 0 Å². The normalized spacial score (nSPS) is 16.7. The summed E-state index contributed by atoms with van der Waals surface area (Å²) in [4.78, 5) is 51.0. The molecule has 3 rings (SSSR count). The molecule has 0 radical (unpaired) electrons. The fourth-order valence-corrected chi connectivity index (χ4v) is 3.75. The van der Waals surface area contributed by atoms with Crippen LogP contribution in [-0.2, 0) is 33.8 Å². The Morgan fingerprint density at radius 1 is 1.22 bits per heavy atom. The highest BCUT2D eigenvalue weighted by Gasteiger charge is 2.29. The van der Waals surface area contributed by atoms with Crippen LogP contribution in [0.2, 0.25) is 0 Å². The van der Waals surface area contributed by atoms with Gasteiger partial charge in [0.05, 0.1) is 12.5 Å². The van der Waals surface area contributed by atoms with E-state index in [9.17, 15) is 24.4 Å². The highest BCUT2D eigenvalue weighted by molar-refractivity contribution is 5.77. The van der Waals surface area contributed by atoms with Gasteiger partial charge in [-0.15, -0.1) is 0 Å². The number of rotatable bonds is 4. The summed E-state index contributed by atoms with van der Waals surface area (Å²) >= 11 is 0. The Kier molecular flexibility index (Phi) is 5.44. The van der Waals surface area contributed by atoms with Crippen molar-refractivity contribution in [2.75, 3.05) is 19.7 Å². The molecule has 1 saturated heterocycles. The van der Waals surface area contributed by atoms with Crippen molar-refractivity contribution in [1.82, 2.24) is 14.0 Å². The van der Waals surface area contributed by atoms with Crippen molar-refractivity contribution in [3.63, 3.8) is 0 Å². The molecule has 0 aromatic carbocycles. The van der Waals surface area contributed by atoms with Gasteiger partial charge in [-0.05, 0) is 32.6 Å². The third-order valence-corrected chi connectivity index (χ3v) is 5.20. The lowest BCUT2D eigenvalue weighted by molar-refractivity contribution is -0.151. The van der Waals surface area contributed by atoms with E-state index in [2.05, 4.69) is 0 Å². The highest BCUT2D eigenvalue weighted by atomic mass is 16.5. The summed E-state index contributed by atoms with van der Waals surface area (Å²) in [6, 6.07) is 1.88. The monoisotopic (exact) mass is 374 g/mol. The van der Waals surface area contributed by atoms with Gasteiger partial charge in [0.25, 0.3) is 5.56 Å². The summed E-state index contributed by atoms with van der Waals surface area (Å²) in [5.74, 6) is -0.845. The van der Waals surface area contributed by atoms with Crippen LogP contribution in [0.5, 0.6) is 0 Å². The van der Waals surface area contributed by atoms with E-state index in [1.165, 1.54) is 4.57 Å². The number of fused-ring (bicyclic) bond motifs is 1. The number of carbonyl (C=O) groups is 2. The maximum atomic E-state index is 12.6. The smallest absolute Gasteiger partial charge is 0.331 e. The number of aromatic nitrogens is 2. The number of ether oxygens (including phenoxy) is 1. The summed E-state index contributed by atoms with van der Waals surface area (Å²) in [5.41, 5.74) is -0.834. The Morgan fingerprint density at radius 3 is 2.56 bits per heavy atom. The first-order valence-electron chi connectivity index (χ1n) is 9.19. The van der Waals surface area contributed by atoms with Crippen molar-refractivity contribution in [2.24, 2.45) is 5.92 Å². The predicted molar refractivity (Wildman–Crippen MR) is 93.9 cm³/mol. The summed E-state index contributed by atoms with van der Waals surface area (Å²) < 4.78 is 7.28. The van der Waals surface area contributed by atoms with Gasteiger partial charge >= 0.3 is 11.7 Å². The third kappa shape index (κ3) is 3.52. The van der Waals surface area contributed by atoms with Gasteiger partial charge in [0.1, 0.15) is 18.2 Å². The van der Waals surface area contributed by atoms with E-state index in [1.807, 2.05) is 6.07 Å². The average molecular weight is 374 g/mol. The summed E-state index contributed by atoms with van der Waals surface area (Å²) in [6.45, 7) is 2.87. The van der Waals surface area contributed by atoms with Gasteiger partial charge in [-0.3, -0.25) is 19.0 Å². The van der Waals surface area contributed by atoms with Crippen LogP contribution in [0.25, 0.3) is 0 Å². The third-order valence-electron chi connectivity index (χ3n) is 5.20. The molecule has 1 aromatic heterocycles. The second kappa shape index (κ2) is 7.78. The number of hydrogen-bond acceptors (Lipinski definition) is 6. The minimum absolute atomic E-state index is 0.0547. The minimum Gasteiger partial charge on any atom is -0.466 e. The zero-order valence-corrected chi connectivity index (χ0v) is 15.3. The standard InChI is InChI=1S/C18H22N4O5/c1-2-27-17(25)12-5-8-20(9-6-12)15(23)11-22-16(24)13(10-19)14-4-3-7-21(14)18(22)26/h12H,2-9,11H2,1H3. The van der Waals surface area contributed by atoms with Crippen LogP contribution in [0, 0.1) is 17.2 Å². The zero-order chi connectivity index (χ0) is 19.6. The van der Waals surface area contributed by atoms with Crippen LogP contribution in [-0.4, -0.2) is 45.6 Å². The SMILES string of the molecule is CCOC(=O)C1CCN(C(=O)Cn2c(=O)c(C#N)c3n(c2=O)CCC3)CC1. The second-order valence-corrected chi connectivity index (χ2v) is 6.77. The second-order valence-electron chi connectivity index (χ2n) is 6.77. The molecule has 0 bridgehead atoms. The van der Waals surface area contributed by atoms with E-state index in [1.54, 1.807) is 11.8 Å². The van der Waals surface area contributed by atoms with E-state index in [0.29, 0.717) is 57.6 Å². The van der Waals surface area contributed by atoms with Gasteiger partial charge < -0.3 is 9.64 Å². The first kappa shape index (κ1) is 18.9. The Balaban J connectivity index is 1.75. The van der Waals surface area contributed by atoms with Gasteiger partial charge in [0, 0.05) is 25.3 Å². The van der Waals surface area contributed by atoms with Gasteiger partial charge in [-0.1, -0.05) is 0 Å². The highest BCUT2D eigenvalue weighted by Crippen LogP contribution is 2.19. The van der Waals surface area contributed by atoms with Crippen molar-refractivity contribution < 1.29 is 14.3 Å². The van der Waals surface area contributed by atoms with Crippen molar-refractivity contribution in [3.05, 3.63) is 32.1 Å². The van der Waals surface area contributed by atoms with E-state index in [-0.39, 0.29) is 23.4 Å². The average Bonchev–Trinajstić information content (AvgIpc) is 3.15. The lowest BCUT2D eigenvalue weighted by Crippen LogP contribution is -2.48. The zero-order valence-electron chi connectivity index (χ0n) is 15.3. The first-order chi connectivity index (χ1) is 13.0. The number of likely N-dealkylation sites (tertiary alicyclic amines) is 1. The molecule has 2 aliphatic rings. The van der Waals surface area contributed by atoms with Gasteiger partial charge in [0.15, 0.2) is 0 Å². The fourth-order valence-electron chi connectivity index (χ4n) is 3.75. The Bertz CT molecular complexity index is 915. The predicted octanol–water partition coefficient (Wildman–Crippen LogP) is -0.370. The van der Waals surface area contributed by atoms with E-state index >= 15 is 0 Å². The molecule has 9 heteroatoms. The molecule has 27 heavy (non-hydrogen) atoms. The maximum absolute atomic E-state index is 12.6. The van der Waals surface area contributed by atoms with E-state index in [0.717, 1.165) is 4.57 Å². The summed E-state index contributed by atoms with van der Waals surface area (Å²) in [5, 5.41) is 9.29. The molecule has 144 valence electrons.